The Morgan fingerprint density at radius 2 is 1.94 bits per heavy atom. The first-order valence-corrected chi connectivity index (χ1v) is 5.26. The molecule has 1 aliphatic heterocycles. The summed E-state index contributed by atoms with van der Waals surface area (Å²) < 4.78 is 10.9. The van der Waals surface area contributed by atoms with E-state index in [4.69, 9.17) is 14.6 Å². The number of benzene rings is 1. The van der Waals surface area contributed by atoms with Gasteiger partial charge >= 0.3 is 5.97 Å². The second kappa shape index (κ2) is 4.13. The van der Waals surface area contributed by atoms with Crippen molar-refractivity contribution in [3.05, 3.63) is 22.2 Å². The van der Waals surface area contributed by atoms with E-state index in [1.165, 1.54) is 12.1 Å². The minimum Gasteiger partial charge on any atom is -0.486 e. The lowest BCUT2D eigenvalue weighted by Gasteiger charge is -2.20. The molecule has 1 aromatic rings. The number of hydrogen-bond acceptors (Lipinski definition) is 4. The number of rotatable bonds is 2. The van der Waals surface area contributed by atoms with Crippen molar-refractivity contribution in [3.63, 3.8) is 0 Å². The Labute approximate surface area is 99.1 Å². The maximum atomic E-state index is 11.3. The third-order valence-corrected chi connectivity index (χ3v) is 2.87. The van der Waals surface area contributed by atoms with Gasteiger partial charge in [0.15, 0.2) is 11.5 Å². The number of Topliss-reactive ketones (excluding diaryl/α,β-unsaturated/α-hetero) is 1. The summed E-state index contributed by atoms with van der Waals surface area (Å²) in [6.45, 7) is 0.808. The zero-order valence-electron chi connectivity index (χ0n) is 8.03. The van der Waals surface area contributed by atoms with E-state index in [0.717, 1.165) is 0 Å². The predicted octanol–water partition coefficient (Wildman–Crippen LogP) is 1.49. The highest BCUT2D eigenvalue weighted by atomic mass is 79.9. The largest absolute Gasteiger partial charge is 0.486 e. The lowest BCUT2D eigenvalue weighted by molar-refractivity contribution is -0.131. The summed E-state index contributed by atoms with van der Waals surface area (Å²) in [7, 11) is 0. The fraction of sp³-hybridized carbons (Fsp3) is 0.200. The standard InChI is InChI=1S/C10H7BrO5/c11-7-5(8(12)10(13)14)1-2-6-9(7)16-4-3-15-6/h1-2H,3-4H2,(H,13,14). The van der Waals surface area contributed by atoms with Gasteiger partial charge in [0, 0.05) is 5.56 Å². The van der Waals surface area contributed by atoms with E-state index >= 15 is 0 Å². The summed E-state index contributed by atoms with van der Waals surface area (Å²) in [5, 5.41) is 8.62. The summed E-state index contributed by atoms with van der Waals surface area (Å²) >= 11 is 3.15. The zero-order chi connectivity index (χ0) is 11.7. The number of hydrogen-bond donors (Lipinski definition) is 1. The number of carbonyl (C=O) groups is 2. The Hall–Kier alpha value is -1.56. The van der Waals surface area contributed by atoms with Crippen molar-refractivity contribution in [2.24, 2.45) is 0 Å². The topological polar surface area (TPSA) is 72.8 Å². The minimum atomic E-state index is -1.50. The van der Waals surface area contributed by atoms with Crippen LogP contribution in [-0.2, 0) is 4.79 Å². The molecule has 0 amide bonds. The summed E-state index contributed by atoms with van der Waals surface area (Å²) in [5.41, 5.74) is 0.0525. The van der Waals surface area contributed by atoms with Gasteiger partial charge in [0.2, 0.25) is 0 Å². The number of carboxylic acids is 1. The molecule has 0 aromatic heterocycles. The molecule has 0 unspecified atom stereocenters. The van der Waals surface area contributed by atoms with E-state index in [9.17, 15) is 9.59 Å². The first kappa shape index (κ1) is 10.9. The monoisotopic (exact) mass is 286 g/mol. The molecule has 84 valence electrons. The lowest BCUT2D eigenvalue weighted by Crippen LogP contribution is -2.18. The maximum Gasteiger partial charge on any atom is 0.377 e. The smallest absolute Gasteiger partial charge is 0.377 e. The van der Waals surface area contributed by atoms with Gasteiger partial charge in [0.1, 0.15) is 13.2 Å². The molecule has 0 saturated carbocycles. The van der Waals surface area contributed by atoms with Gasteiger partial charge < -0.3 is 14.6 Å². The van der Waals surface area contributed by atoms with Crippen LogP contribution in [0.2, 0.25) is 0 Å². The van der Waals surface area contributed by atoms with Crippen molar-refractivity contribution in [2.75, 3.05) is 13.2 Å². The zero-order valence-corrected chi connectivity index (χ0v) is 9.61. The Morgan fingerprint density at radius 3 is 2.62 bits per heavy atom. The highest BCUT2D eigenvalue weighted by molar-refractivity contribution is 9.10. The van der Waals surface area contributed by atoms with Gasteiger partial charge in [-0.2, -0.15) is 0 Å². The summed E-state index contributed by atoms with van der Waals surface area (Å²) in [4.78, 5) is 21.9. The van der Waals surface area contributed by atoms with Crippen molar-refractivity contribution < 1.29 is 24.2 Å². The number of carboxylic acid groups (broad SMARTS) is 1. The minimum absolute atomic E-state index is 0.0525. The molecule has 0 bridgehead atoms. The number of ketones is 1. The molecule has 0 fully saturated rings. The van der Waals surface area contributed by atoms with Gasteiger partial charge in [-0.25, -0.2) is 4.79 Å². The maximum absolute atomic E-state index is 11.3. The molecule has 0 aliphatic carbocycles. The first-order valence-electron chi connectivity index (χ1n) is 4.47. The second-order valence-corrected chi connectivity index (χ2v) is 3.88. The van der Waals surface area contributed by atoms with Crippen molar-refractivity contribution in [2.45, 2.75) is 0 Å². The van der Waals surface area contributed by atoms with Crippen LogP contribution >= 0.6 is 15.9 Å². The van der Waals surface area contributed by atoms with Crippen molar-refractivity contribution in [1.82, 2.24) is 0 Å². The van der Waals surface area contributed by atoms with Gasteiger partial charge in [0.25, 0.3) is 5.78 Å². The van der Waals surface area contributed by atoms with Crippen LogP contribution in [0.1, 0.15) is 10.4 Å². The van der Waals surface area contributed by atoms with Gasteiger partial charge in [-0.3, -0.25) is 4.79 Å². The lowest BCUT2D eigenvalue weighted by atomic mass is 10.1. The highest BCUT2D eigenvalue weighted by Gasteiger charge is 2.24. The van der Waals surface area contributed by atoms with E-state index in [2.05, 4.69) is 15.9 Å². The van der Waals surface area contributed by atoms with E-state index in [-0.39, 0.29) is 5.56 Å². The SMILES string of the molecule is O=C(O)C(=O)c1ccc2c(c1Br)OCCO2. The third-order valence-electron chi connectivity index (χ3n) is 2.09. The van der Waals surface area contributed by atoms with E-state index in [1.807, 2.05) is 0 Å². The fourth-order valence-corrected chi connectivity index (χ4v) is 1.99. The molecular formula is C10H7BrO5. The molecule has 0 saturated heterocycles. The van der Waals surface area contributed by atoms with Crippen LogP contribution in [0.4, 0.5) is 0 Å². The number of fused-ring (bicyclic) bond motifs is 1. The van der Waals surface area contributed by atoms with Crippen LogP contribution in [0.3, 0.4) is 0 Å². The third kappa shape index (κ3) is 1.76. The summed E-state index contributed by atoms with van der Waals surface area (Å²) in [6.07, 6.45) is 0. The quantitative estimate of drug-likeness (QED) is 0.659. The van der Waals surface area contributed by atoms with Crippen molar-refractivity contribution in [3.8, 4) is 11.5 Å². The van der Waals surface area contributed by atoms with E-state index in [0.29, 0.717) is 29.2 Å². The average Bonchev–Trinajstić information content (AvgIpc) is 2.29. The normalized spacial score (nSPS) is 13.3. The van der Waals surface area contributed by atoms with Crippen LogP contribution in [-0.4, -0.2) is 30.1 Å². The van der Waals surface area contributed by atoms with E-state index in [1.54, 1.807) is 0 Å². The van der Waals surface area contributed by atoms with Crippen LogP contribution < -0.4 is 9.47 Å². The number of halogens is 1. The molecule has 1 aliphatic rings. The molecule has 1 heterocycles. The van der Waals surface area contributed by atoms with Gasteiger partial charge in [-0.15, -0.1) is 0 Å². The number of aliphatic carboxylic acids is 1. The fourth-order valence-electron chi connectivity index (χ4n) is 1.37. The molecule has 16 heavy (non-hydrogen) atoms. The Balaban J connectivity index is 2.49. The molecule has 5 nitrogen and oxygen atoms in total. The Morgan fingerprint density at radius 1 is 1.25 bits per heavy atom. The second-order valence-electron chi connectivity index (χ2n) is 3.09. The molecule has 1 N–H and O–H groups in total. The van der Waals surface area contributed by atoms with Crippen LogP contribution in [0.25, 0.3) is 0 Å². The number of ether oxygens (including phenoxy) is 2. The van der Waals surface area contributed by atoms with Crippen molar-refractivity contribution in [1.29, 1.82) is 0 Å². The summed E-state index contributed by atoms with van der Waals surface area (Å²) in [6, 6.07) is 2.92. The molecular weight excluding hydrogens is 280 g/mol. The van der Waals surface area contributed by atoms with Crippen molar-refractivity contribution >= 4 is 27.7 Å². The Kier molecular flexibility index (Phi) is 2.82. The van der Waals surface area contributed by atoms with Gasteiger partial charge in [-0.05, 0) is 28.1 Å². The van der Waals surface area contributed by atoms with Crippen LogP contribution in [0, 0.1) is 0 Å². The molecule has 0 spiro atoms. The molecule has 1 aromatic carbocycles. The van der Waals surface area contributed by atoms with E-state index < -0.39 is 11.8 Å². The Bertz CT molecular complexity index is 469. The first-order chi connectivity index (χ1) is 7.61. The average molecular weight is 287 g/mol. The molecule has 2 rings (SSSR count). The van der Waals surface area contributed by atoms with Gasteiger partial charge in [0.05, 0.1) is 4.47 Å². The van der Waals surface area contributed by atoms with Crippen LogP contribution in [0.5, 0.6) is 11.5 Å². The predicted molar refractivity (Wildman–Crippen MR) is 57.1 cm³/mol. The number of carbonyl (C=O) groups excluding carboxylic acids is 1. The molecule has 0 radical (unpaired) electrons. The van der Waals surface area contributed by atoms with Crippen LogP contribution in [0.15, 0.2) is 16.6 Å². The molecule has 0 atom stereocenters. The highest BCUT2D eigenvalue weighted by Crippen LogP contribution is 2.39. The summed E-state index contributed by atoms with van der Waals surface area (Å²) in [5.74, 6) is -1.61. The molecule has 6 heteroatoms. The van der Waals surface area contributed by atoms with Gasteiger partial charge in [-0.1, -0.05) is 0 Å².